The number of benzene rings is 1. The summed E-state index contributed by atoms with van der Waals surface area (Å²) in [5, 5.41) is 13.3. The number of aromatic hydroxyl groups is 1. The second-order valence-electron chi connectivity index (χ2n) is 4.92. The first-order valence-electron chi connectivity index (χ1n) is 6.25. The highest BCUT2D eigenvalue weighted by Gasteiger charge is 2.13. The third-order valence-electron chi connectivity index (χ3n) is 3.02. The summed E-state index contributed by atoms with van der Waals surface area (Å²) in [5.41, 5.74) is 2.05. The highest BCUT2D eigenvalue weighted by atomic mass is 32.2. The van der Waals surface area contributed by atoms with Crippen LogP contribution in [-0.2, 0) is 10.8 Å². The second-order valence-corrected chi connectivity index (χ2v) is 6.47. The van der Waals surface area contributed by atoms with Gasteiger partial charge in [0.25, 0.3) is 0 Å². The molecule has 3 atom stereocenters. The monoisotopic (exact) mass is 269 g/mol. The van der Waals surface area contributed by atoms with Crippen LogP contribution in [0.2, 0.25) is 0 Å². The highest BCUT2D eigenvalue weighted by Crippen LogP contribution is 2.25. The van der Waals surface area contributed by atoms with Gasteiger partial charge < -0.3 is 10.4 Å². The molecule has 0 aliphatic heterocycles. The van der Waals surface area contributed by atoms with Crippen LogP contribution in [0.15, 0.2) is 18.2 Å². The van der Waals surface area contributed by atoms with E-state index in [1.54, 1.807) is 12.3 Å². The van der Waals surface area contributed by atoms with Crippen LogP contribution in [0, 0.1) is 6.92 Å². The minimum absolute atomic E-state index is 0.0881. The summed E-state index contributed by atoms with van der Waals surface area (Å²) >= 11 is 0. The van der Waals surface area contributed by atoms with Crippen molar-refractivity contribution in [3.8, 4) is 5.75 Å². The van der Waals surface area contributed by atoms with E-state index in [2.05, 4.69) is 12.2 Å². The van der Waals surface area contributed by atoms with Gasteiger partial charge >= 0.3 is 0 Å². The van der Waals surface area contributed by atoms with Crippen molar-refractivity contribution in [2.75, 3.05) is 12.0 Å². The van der Waals surface area contributed by atoms with Crippen LogP contribution >= 0.6 is 0 Å². The van der Waals surface area contributed by atoms with Crippen LogP contribution in [-0.4, -0.2) is 27.4 Å². The first-order chi connectivity index (χ1) is 8.40. The molecule has 0 aromatic heterocycles. The molecule has 3 unspecified atom stereocenters. The molecule has 0 saturated heterocycles. The van der Waals surface area contributed by atoms with Crippen molar-refractivity contribution >= 4 is 10.8 Å². The molecule has 1 aromatic rings. The number of hydrogen-bond acceptors (Lipinski definition) is 3. The zero-order valence-corrected chi connectivity index (χ0v) is 12.4. The summed E-state index contributed by atoms with van der Waals surface area (Å²) in [6, 6.07) is 6.00. The lowest BCUT2D eigenvalue weighted by atomic mass is 10.0. The van der Waals surface area contributed by atoms with E-state index in [1.165, 1.54) is 0 Å². The minimum atomic E-state index is -0.743. The van der Waals surface area contributed by atoms with Crippen molar-refractivity contribution in [1.29, 1.82) is 0 Å². The van der Waals surface area contributed by atoms with Crippen LogP contribution in [0.25, 0.3) is 0 Å². The van der Waals surface area contributed by atoms with Gasteiger partial charge in [-0.25, -0.2) is 0 Å². The summed E-state index contributed by atoms with van der Waals surface area (Å²) in [7, 11) is -0.743. The number of aryl methyl sites for hydroxylation is 1. The van der Waals surface area contributed by atoms with Crippen LogP contribution < -0.4 is 5.32 Å². The summed E-state index contributed by atoms with van der Waals surface area (Å²) in [5.74, 6) is 1.03. The van der Waals surface area contributed by atoms with Crippen molar-refractivity contribution in [2.45, 2.75) is 39.3 Å². The largest absolute Gasteiger partial charge is 0.508 e. The summed E-state index contributed by atoms with van der Waals surface area (Å²) < 4.78 is 11.0. The fourth-order valence-corrected chi connectivity index (χ4v) is 2.65. The van der Waals surface area contributed by atoms with E-state index in [0.29, 0.717) is 11.5 Å². The number of hydrogen-bond donors (Lipinski definition) is 2. The van der Waals surface area contributed by atoms with E-state index < -0.39 is 10.8 Å². The maximum atomic E-state index is 11.0. The lowest BCUT2D eigenvalue weighted by Gasteiger charge is -2.21. The third-order valence-corrected chi connectivity index (χ3v) is 3.83. The quantitative estimate of drug-likeness (QED) is 0.834. The Hall–Kier alpha value is -0.870. The molecule has 0 aliphatic rings. The van der Waals surface area contributed by atoms with Crippen molar-refractivity contribution in [3.63, 3.8) is 0 Å². The fourth-order valence-electron chi connectivity index (χ4n) is 1.96. The SMILES string of the molecule is Cc1ccc(O)c(C(C)NC(C)CCS(C)=O)c1. The first-order valence-corrected chi connectivity index (χ1v) is 7.98. The van der Waals surface area contributed by atoms with Gasteiger partial charge in [-0.15, -0.1) is 0 Å². The predicted octanol–water partition coefficient (Wildman–Crippen LogP) is 2.51. The Morgan fingerprint density at radius 1 is 1.39 bits per heavy atom. The summed E-state index contributed by atoms with van der Waals surface area (Å²) in [4.78, 5) is 0. The van der Waals surface area contributed by atoms with Crippen molar-refractivity contribution < 1.29 is 9.32 Å². The van der Waals surface area contributed by atoms with E-state index in [0.717, 1.165) is 17.5 Å². The lowest BCUT2D eigenvalue weighted by molar-refractivity contribution is 0.431. The normalized spacial score (nSPS) is 16.2. The number of nitrogens with one attached hydrogen (secondary N) is 1. The Bertz CT molecular complexity index is 420. The molecule has 0 amide bonds. The Labute approximate surface area is 112 Å². The van der Waals surface area contributed by atoms with Gasteiger partial charge in [-0.2, -0.15) is 0 Å². The molecule has 3 nitrogen and oxygen atoms in total. The van der Waals surface area contributed by atoms with Crippen molar-refractivity contribution in [3.05, 3.63) is 29.3 Å². The smallest absolute Gasteiger partial charge is 0.120 e. The topological polar surface area (TPSA) is 49.3 Å². The summed E-state index contributed by atoms with van der Waals surface area (Å²) in [6.45, 7) is 6.13. The zero-order valence-electron chi connectivity index (χ0n) is 11.6. The van der Waals surface area contributed by atoms with Crippen LogP contribution in [0.3, 0.4) is 0 Å². The third kappa shape index (κ3) is 4.78. The molecule has 0 spiro atoms. The lowest BCUT2D eigenvalue weighted by Crippen LogP contribution is -2.30. The van der Waals surface area contributed by atoms with Crippen molar-refractivity contribution in [2.24, 2.45) is 0 Å². The molecular formula is C14H23NO2S. The van der Waals surface area contributed by atoms with E-state index >= 15 is 0 Å². The van der Waals surface area contributed by atoms with Gasteiger partial charge in [-0.05, 0) is 33.3 Å². The van der Waals surface area contributed by atoms with E-state index in [4.69, 9.17) is 0 Å². The molecule has 102 valence electrons. The van der Waals surface area contributed by atoms with E-state index in [1.807, 2.05) is 26.0 Å². The molecular weight excluding hydrogens is 246 g/mol. The molecule has 0 radical (unpaired) electrons. The molecule has 0 bridgehead atoms. The maximum Gasteiger partial charge on any atom is 0.120 e. The van der Waals surface area contributed by atoms with Gasteiger partial charge in [0, 0.05) is 40.5 Å². The fraction of sp³-hybridized carbons (Fsp3) is 0.571. The Kier molecular flexibility index (Phi) is 5.82. The van der Waals surface area contributed by atoms with Gasteiger partial charge in [-0.3, -0.25) is 4.21 Å². The minimum Gasteiger partial charge on any atom is -0.508 e. The summed E-state index contributed by atoms with van der Waals surface area (Å²) in [6.07, 6.45) is 2.60. The van der Waals surface area contributed by atoms with Gasteiger partial charge in [0.15, 0.2) is 0 Å². The average molecular weight is 269 g/mol. The molecule has 0 aliphatic carbocycles. The number of phenolic OH excluding ortho intramolecular Hbond substituents is 1. The Morgan fingerprint density at radius 2 is 2.06 bits per heavy atom. The second kappa shape index (κ2) is 6.90. The first kappa shape index (κ1) is 15.2. The molecule has 18 heavy (non-hydrogen) atoms. The van der Waals surface area contributed by atoms with Crippen LogP contribution in [0.4, 0.5) is 0 Å². The molecule has 4 heteroatoms. The highest BCUT2D eigenvalue weighted by molar-refractivity contribution is 7.84. The molecule has 0 saturated carbocycles. The van der Waals surface area contributed by atoms with Gasteiger partial charge in [-0.1, -0.05) is 17.7 Å². The zero-order chi connectivity index (χ0) is 13.7. The number of phenols is 1. The van der Waals surface area contributed by atoms with E-state index in [9.17, 15) is 9.32 Å². The van der Waals surface area contributed by atoms with Crippen LogP contribution in [0.5, 0.6) is 5.75 Å². The van der Waals surface area contributed by atoms with Gasteiger partial charge in [0.05, 0.1) is 0 Å². The molecule has 0 fully saturated rings. The molecule has 1 rings (SSSR count). The average Bonchev–Trinajstić information content (AvgIpc) is 2.29. The standard InChI is InChI=1S/C14H23NO2S/c1-10-5-6-14(16)13(9-10)12(3)15-11(2)7-8-18(4)17/h5-6,9,11-12,15-16H,7-8H2,1-4H3. The Balaban J connectivity index is 2.61. The Morgan fingerprint density at radius 3 is 2.67 bits per heavy atom. The van der Waals surface area contributed by atoms with E-state index in [-0.39, 0.29) is 12.1 Å². The predicted molar refractivity (Wildman–Crippen MR) is 77.4 cm³/mol. The van der Waals surface area contributed by atoms with Gasteiger partial charge in [0.1, 0.15) is 5.75 Å². The van der Waals surface area contributed by atoms with Gasteiger partial charge in [0.2, 0.25) is 0 Å². The van der Waals surface area contributed by atoms with Crippen molar-refractivity contribution in [1.82, 2.24) is 5.32 Å². The maximum absolute atomic E-state index is 11.0. The molecule has 1 aromatic carbocycles. The van der Waals surface area contributed by atoms with Crippen LogP contribution in [0.1, 0.15) is 37.4 Å². The molecule has 0 heterocycles. The molecule has 2 N–H and O–H groups in total. The number of rotatable bonds is 6.